The summed E-state index contributed by atoms with van der Waals surface area (Å²) in [7, 11) is 0. The molecule has 0 unspecified atom stereocenters. The number of carbonyl (C=O) groups excluding carboxylic acids is 2. The first-order chi connectivity index (χ1) is 12.7. The quantitative estimate of drug-likeness (QED) is 0.845. The van der Waals surface area contributed by atoms with Crippen LogP contribution in [0.25, 0.3) is 0 Å². The van der Waals surface area contributed by atoms with Crippen LogP contribution in [0, 0.1) is 0 Å². The molecular weight excluding hydrogens is 326 g/mol. The summed E-state index contributed by atoms with van der Waals surface area (Å²) in [6.07, 6.45) is 6.02. The van der Waals surface area contributed by atoms with Gasteiger partial charge in [0.2, 0.25) is 0 Å². The molecule has 1 aliphatic heterocycles. The van der Waals surface area contributed by atoms with Crippen molar-refractivity contribution >= 4 is 11.9 Å². The first-order valence-electron chi connectivity index (χ1n) is 9.40. The summed E-state index contributed by atoms with van der Waals surface area (Å²) in [6.45, 7) is 0. The Morgan fingerprint density at radius 2 is 1.77 bits per heavy atom. The van der Waals surface area contributed by atoms with E-state index in [0.717, 1.165) is 24.0 Å². The zero-order chi connectivity index (χ0) is 17.9. The fourth-order valence-electron chi connectivity index (χ4n) is 3.91. The van der Waals surface area contributed by atoms with Crippen molar-refractivity contribution in [3.8, 4) is 0 Å². The van der Waals surface area contributed by atoms with E-state index in [0.29, 0.717) is 17.5 Å². The molecule has 0 radical (unpaired) electrons. The van der Waals surface area contributed by atoms with Crippen LogP contribution in [0.3, 0.4) is 0 Å². The molecule has 1 saturated carbocycles. The normalized spacial score (nSPS) is 20.2. The summed E-state index contributed by atoms with van der Waals surface area (Å²) >= 11 is 0. The van der Waals surface area contributed by atoms with Crippen LogP contribution in [0.1, 0.15) is 70.1 Å². The minimum Gasteiger partial charge on any atom is -0.454 e. The summed E-state index contributed by atoms with van der Waals surface area (Å²) in [5.74, 6) is -0.366. The Morgan fingerprint density at radius 1 is 1.00 bits per heavy atom. The van der Waals surface area contributed by atoms with Gasteiger partial charge in [-0.2, -0.15) is 0 Å². The number of cyclic esters (lactones) is 1. The van der Waals surface area contributed by atoms with E-state index < -0.39 is 0 Å². The number of ether oxygens (including phenoxy) is 1. The van der Waals surface area contributed by atoms with Gasteiger partial charge in [-0.3, -0.25) is 4.79 Å². The predicted molar refractivity (Wildman–Crippen MR) is 99.1 cm³/mol. The number of rotatable bonds is 3. The third kappa shape index (κ3) is 3.50. The maximum atomic E-state index is 12.6. The number of nitrogens with one attached hydrogen (secondary N) is 1. The van der Waals surface area contributed by atoms with E-state index in [1.807, 2.05) is 36.4 Å². The number of esters is 1. The average molecular weight is 349 g/mol. The van der Waals surface area contributed by atoms with Gasteiger partial charge >= 0.3 is 5.97 Å². The van der Waals surface area contributed by atoms with Gasteiger partial charge in [0.15, 0.2) is 0 Å². The van der Waals surface area contributed by atoms with Crippen molar-refractivity contribution in [2.75, 3.05) is 0 Å². The second-order valence-corrected chi connectivity index (χ2v) is 7.19. The van der Waals surface area contributed by atoms with Gasteiger partial charge in [-0.05, 0) is 42.2 Å². The number of hydrogen-bond donors (Lipinski definition) is 1. The van der Waals surface area contributed by atoms with Gasteiger partial charge in [-0.1, -0.05) is 49.6 Å². The zero-order valence-electron chi connectivity index (χ0n) is 14.7. The van der Waals surface area contributed by atoms with E-state index in [2.05, 4.69) is 5.32 Å². The van der Waals surface area contributed by atoms with Gasteiger partial charge in [-0.15, -0.1) is 0 Å². The molecule has 4 rings (SSSR count). The van der Waals surface area contributed by atoms with E-state index in [9.17, 15) is 9.59 Å². The largest absolute Gasteiger partial charge is 0.454 e. The second kappa shape index (κ2) is 7.32. The van der Waals surface area contributed by atoms with Crippen molar-refractivity contribution in [3.05, 3.63) is 70.8 Å². The lowest BCUT2D eigenvalue weighted by Gasteiger charge is -2.26. The Labute approximate surface area is 153 Å². The highest BCUT2D eigenvalue weighted by Crippen LogP contribution is 2.31. The lowest BCUT2D eigenvalue weighted by atomic mass is 9.92. The fourth-order valence-corrected chi connectivity index (χ4v) is 3.91. The molecule has 0 bridgehead atoms. The smallest absolute Gasteiger partial charge is 0.339 e. The van der Waals surface area contributed by atoms with Crippen molar-refractivity contribution in [1.29, 1.82) is 0 Å². The minimum atomic E-state index is -0.320. The van der Waals surface area contributed by atoms with Crippen LogP contribution < -0.4 is 5.32 Å². The maximum absolute atomic E-state index is 12.6. The molecule has 1 aliphatic carbocycles. The highest BCUT2D eigenvalue weighted by Gasteiger charge is 2.28. The molecule has 4 heteroatoms. The monoisotopic (exact) mass is 349 g/mol. The first kappa shape index (κ1) is 16.8. The number of carbonyl (C=O) groups is 2. The molecule has 134 valence electrons. The summed E-state index contributed by atoms with van der Waals surface area (Å²) in [6, 6.07) is 15.3. The molecule has 1 atom stereocenters. The number of benzene rings is 2. The summed E-state index contributed by atoms with van der Waals surface area (Å²) in [5, 5.41) is 3.14. The molecule has 4 nitrogen and oxygen atoms in total. The molecule has 26 heavy (non-hydrogen) atoms. The van der Waals surface area contributed by atoms with Crippen LogP contribution in [-0.4, -0.2) is 17.9 Å². The van der Waals surface area contributed by atoms with Crippen molar-refractivity contribution in [3.63, 3.8) is 0 Å². The number of amides is 1. The molecule has 1 amide bonds. The fraction of sp³-hybridized carbons (Fsp3) is 0.364. The van der Waals surface area contributed by atoms with Gasteiger partial charge in [0.1, 0.15) is 6.10 Å². The van der Waals surface area contributed by atoms with Crippen LogP contribution in [0.15, 0.2) is 48.5 Å². The van der Waals surface area contributed by atoms with Gasteiger partial charge in [0.25, 0.3) is 5.91 Å². The van der Waals surface area contributed by atoms with Gasteiger partial charge < -0.3 is 10.1 Å². The number of hydrogen-bond acceptors (Lipinski definition) is 3. The highest BCUT2D eigenvalue weighted by molar-refractivity contribution is 5.98. The molecule has 2 aromatic rings. The topological polar surface area (TPSA) is 55.4 Å². The minimum absolute atomic E-state index is 0.0464. The molecule has 0 spiro atoms. The molecule has 2 aromatic carbocycles. The Kier molecular flexibility index (Phi) is 4.74. The Morgan fingerprint density at radius 3 is 2.54 bits per heavy atom. The van der Waals surface area contributed by atoms with E-state index in [1.54, 1.807) is 12.1 Å². The molecule has 2 aliphatic rings. The van der Waals surface area contributed by atoms with Crippen molar-refractivity contribution in [2.24, 2.45) is 0 Å². The first-order valence-corrected chi connectivity index (χ1v) is 9.40. The molecular formula is C22H23NO3. The van der Waals surface area contributed by atoms with Crippen LogP contribution in [0.5, 0.6) is 0 Å². The SMILES string of the molecule is O=C(NC1CCCCC1)c1ccc2c(c1)C[C@H](c1ccccc1)OC2=O. The van der Waals surface area contributed by atoms with E-state index >= 15 is 0 Å². The van der Waals surface area contributed by atoms with Crippen molar-refractivity contribution in [1.82, 2.24) is 5.32 Å². The zero-order valence-corrected chi connectivity index (χ0v) is 14.7. The van der Waals surface area contributed by atoms with Crippen LogP contribution in [-0.2, 0) is 11.2 Å². The van der Waals surface area contributed by atoms with Crippen molar-refractivity contribution < 1.29 is 14.3 Å². The Balaban J connectivity index is 1.54. The van der Waals surface area contributed by atoms with Crippen molar-refractivity contribution in [2.45, 2.75) is 50.7 Å². The Hall–Kier alpha value is -2.62. The van der Waals surface area contributed by atoms with E-state index in [1.165, 1.54) is 19.3 Å². The summed E-state index contributed by atoms with van der Waals surface area (Å²) < 4.78 is 5.58. The third-order valence-electron chi connectivity index (χ3n) is 5.35. The van der Waals surface area contributed by atoms with Crippen LogP contribution in [0.2, 0.25) is 0 Å². The average Bonchev–Trinajstić information content (AvgIpc) is 2.69. The molecule has 1 heterocycles. The second-order valence-electron chi connectivity index (χ2n) is 7.19. The summed E-state index contributed by atoms with van der Waals surface area (Å²) in [5.41, 5.74) is 3.04. The maximum Gasteiger partial charge on any atom is 0.339 e. The molecule has 1 N–H and O–H groups in total. The number of fused-ring (bicyclic) bond motifs is 1. The van der Waals surface area contributed by atoms with Crippen LogP contribution in [0.4, 0.5) is 0 Å². The van der Waals surface area contributed by atoms with Crippen LogP contribution >= 0.6 is 0 Å². The van der Waals surface area contributed by atoms with Gasteiger partial charge in [0, 0.05) is 18.0 Å². The predicted octanol–water partition coefficient (Wildman–Crippen LogP) is 4.20. The van der Waals surface area contributed by atoms with E-state index in [4.69, 9.17) is 4.74 Å². The van der Waals surface area contributed by atoms with E-state index in [-0.39, 0.29) is 24.0 Å². The molecule has 1 fully saturated rings. The van der Waals surface area contributed by atoms with Gasteiger partial charge in [-0.25, -0.2) is 4.79 Å². The Bertz CT molecular complexity index is 809. The standard InChI is InChI=1S/C22H23NO3/c24-21(23-18-9-5-2-6-10-18)16-11-12-19-17(13-16)14-20(26-22(19)25)15-7-3-1-4-8-15/h1,3-4,7-8,11-13,18,20H,2,5-6,9-10,14H2,(H,23,24)/t20-/m1/s1. The third-order valence-corrected chi connectivity index (χ3v) is 5.35. The molecule has 0 aromatic heterocycles. The van der Waals surface area contributed by atoms with Gasteiger partial charge in [0.05, 0.1) is 5.56 Å². The summed E-state index contributed by atoms with van der Waals surface area (Å²) in [4.78, 5) is 24.9. The lowest BCUT2D eigenvalue weighted by Crippen LogP contribution is -2.36. The highest BCUT2D eigenvalue weighted by atomic mass is 16.5. The molecule has 0 saturated heterocycles. The lowest BCUT2D eigenvalue weighted by molar-refractivity contribution is 0.0252.